The third-order valence-corrected chi connectivity index (χ3v) is 3.12. The van der Waals surface area contributed by atoms with E-state index >= 15 is 0 Å². The van der Waals surface area contributed by atoms with Gasteiger partial charge in [-0.1, -0.05) is 0 Å². The lowest BCUT2D eigenvalue weighted by Gasteiger charge is -2.11. The molecule has 2 aliphatic heterocycles. The molecule has 15 heavy (non-hydrogen) atoms. The number of nitrogens with two attached hydrogens (primary N) is 1. The van der Waals surface area contributed by atoms with E-state index in [0.29, 0.717) is 17.7 Å². The van der Waals surface area contributed by atoms with Crippen LogP contribution in [0.4, 0.5) is 5.69 Å². The Bertz CT molecular complexity index is 340. The van der Waals surface area contributed by atoms with Gasteiger partial charge in [-0.05, 0) is 6.42 Å². The largest absolute Gasteiger partial charge is 0.396 e. The second kappa shape index (κ2) is 3.50. The molecule has 0 amide bonds. The van der Waals surface area contributed by atoms with Crippen molar-refractivity contribution in [1.82, 2.24) is 9.78 Å². The summed E-state index contributed by atoms with van der Waals surface area (Å²) in [6.07, 6.45) is 5.16. The van der Waals surface area contributed by atoms with Crippen molar-refractivity contribution in [3.05, 3.63) is 12.4 Å². The molecule has 3 rings (SSSR count). The highest BCUT2D eigenvalue weighted by atomic mass is 16.6. The van der Waals surface area contributed by atoms with Crippen LogP contribution in [0.25, 0.3) is 0 Å². The van der Waals surface area contributed by atoms with Crippen molar-refractivity contribution in [3.63, 3.8) is 0 Å². The molecule has 0 aliphatic carbocycles. The molecule has 3 atom stereocenters. The standard InChI is InChI=1S/C10H15N3O2/c11-8-2-12-13(3-8)4-9-1-7-5-14-6-10(7)15-9/h2-3,7,9-10H,1,4-6,11H2/t7-,9?,10+/m0/s1. The van der Waals surface area contributed by atoms with Gasteiger partial charge in [0.25, 0.3) is 0 Å². The summed E-state index contributed by atoms with van der Waals surface area (Å²) in [5.74, 6) is 0.586. The smallest absolute Gasteiger partial charge is 0.0864 e. The molecule has 5 heteroatoms. The predicted octanol–water partition coefficient (Wildman–Crippen LogP) is 0.269. The molecule has 1 aromatic heterocycles. The fraction of sp³-hybridized carbons (Fsp3) is 0.700. The van der Waals surface area contributed by atoms with Gasteiger partial charge < -0.3 is 15.2 Å². The Morgan fingerprint density at radius 2 is 2.47 bits per heavy atom. The molecule has 1 unspecified atom stereocenters. The van der Waals surface area contributed by atoms with E-state index in [-0.39, 0.29) is 6.10 Å². The average Bonchev–Trinajstić information content (AvgIpc) is 2.81. The number of ether oxygens (including phenoxy) is 2. The first-order valence-electron chi connectivity index (χ1n) is 5.32. The molecule has 0 bridgehead atoms. The third kappa shape index (κ3) is 1.72. The molecule has 2 N–H and O–H groups in total. The number of fused-ring (bicyclic) bond motifs is 1. The topological polar surface area (TPSA) is 62.3 Å². The molecule has 2 aliphatic rings. The second-order valence-corrected chi connectivity index (χ2v) is 4.33. The molecule has 0 saturated carbocycles. The van der Waals surface area contributed by atoms with E-state index < -0.39 is 0 Å². The highest BCUT2D eigenvalue weighted by molar-refractivity contribution is 5.30. The summed E-state index contributed by atoms with van der Waals surface area (Å²) in [5, 5.41) is 4.15. The number of nitrogen functional groups attached to an aromatic ring is 1. The maximum absolute atomic E-state index is 5.87. The van der Waals surface area contributed by atoms with Gasteiger partial charge in [0.2, 0.25) is 0 Å². The highest BCUT2D eigenvalue weighted by Gasteiger charge is 2.39. The molecule has 0 radical (unpaired) electrons. The van der Waals surface area contributed by atoms with Gasteiger partial charge in [0.15, 0.2) is 0 Å². The van der Waals surface area contributed by atoms with Gasteiger partial charge in [-0.25, -0.2) is 0 Å². The van der Waals surface area contributed by atoms with E-state index in [1.807, 2.05) is 10.9 Å². The van der Waals surface area contributed by atoms with Gasteiger partial charge >= 0.3 is 0 Å². The summed E-state index contributed by atoms with van der Waals surface area (Å²) in [6.45, 7) is 2.40. The van der Waals surface area contributed by atoms with Gasteiger partial charge in [-0.3, -0.25) is 4.68 Å². The Kier molecular flexibility index (Phi) is 2.14. The third-order valence-electron chi connectivity index (χ3n) is 3.12. The van der Waals surface area contributed by atoms with E-state index in [4.69, 9.17) is 15.2 Å². The molecule has 1 aromatic rings. The molecular weight excluding hydrogens is 194 g/mol. The molecular formula is C10H15N3O2. The van der Waals surface area contributed by atoms with E-state index in [2.05, 4.69) is 5.10 Å². The minimum Gasteiger partial charge on any atom is -0.396 e. The Morgan fingerprint density at radius 1 is 1.53 bits per heavy atom. The lowest BCUT2D eigenvalue weighted by Crippen LogP contribution is -2.19. The first-order chi connectivity index (χ1) is 7.31. The number of aromatic nitrogens is 2. The van der Waals surface area contributed by atoms with E-state index in [9.17, 15) is 0 Å². The monoisotopic (exact) mass is 209 g/mol. The molecule has 2 fully saturated rings. The molecule has 0 spiro atoms. The van der Waals surface area contributed by atoms with Gasteiger partial charge in [0.05, 0.1) is 43.9 Å². The van der Waals surface area contributed by atoms with Gasteiger partial charge in [-0.2, -0.15) is 5.10 Å². The number of anilines is 1. The van der Waals surface area contributed by atoms with Crippen LogP contribution in [0.15, 0.2) is 12.4 Å². The van der Waals surface area contributed by atoms with Crippen LogP contribution in [0.3, 0.4) is 0 Å². The summed E-state index contributed by atoms with van der Waals surface area (Å²) in [6, 6.07) is 0. The van der Waals surface area contributed by atoms with Crippen LogP contribution in [0.2, 0.25) is 0 Å². The first-order valence-corrected chi connectivity index (χ1v) is 5.32. The van der Waals surface area contributed by atoms with Crippen LogP contribution >= 0.6 is 0 Å². The molecule has 3 heterocycles. The summed E-state index contributed by atoms with van der Waals surface area (Å²) in [7, 11) is 0. The zero-order chi connectivity index (χ0) is 10.3. The number of nitrogens with zero attached hydrogens (tertiary/aromatic N) is 2. The predicted molar refractivity (Wildman–Crippen MR) is 54.2 cm³/mol. The van der Waals surface area contributed by atoms with Crippen molar-refractivity contribution in [2.45, 2.75) is 25.2 Å². The fourth-order valence-electron chi connectivity index (χ4n) is 2.40. The van der Waals surface area contributed by atoms with Crippen LogP contribution in [0, 0.1) is 5.92 Å². The normalized spacial score (nSPS) is 34.5. The first kappa shape index (κ1) is 9.18. The number of hydrogen-bond acceptors (Lipinski definition) is 4. The summed E-state index contributed by atoms with van der Waals surface area (Å²) in [4.78, 5) is 0. The highest BCUT2D eigenvalue weighted by Crippen LogP contribution is 2.31. The molecule has 5 nitrogen and oxygen atoms in total. The zero-order valence-corrected chi connectivity index (χ0v) is 8.50. The Hall–Kier alpha value is -1.07. The average molecular weight is 209 g/mol. The lowest BCUT2D eigenvalue weighted by molar-refractivity contribution is 0.0110. The van der Waals surface area contributed by atoms with Crippen molar-refractivity contribution >= 4 is 5.69 Å². The van der Waals surface area contributed by atoms with Crippen molar-refractivity contribution < 1.29 is 9.47 Å². The fourth-order valence-corrected chi connectivity index (χ4v) is 2.40. The van der Waals surface area contributed by atoms with E-state index in [1.165, 1.54) is 0 Å². The van der Waals surface area contributed by atoms with Crippen LogP contribution < -0.4 is 5.73 Å². The second-order valence-electron chi connectivity index (χ2n) is 4.33. The van der Waals surface area contributed by atoms with Gasteiger partial charge in [0, 0.05) is 12.1 Å². The molecule has 0 aromatic carbocycles. The lowest BCUT2D eigenvalue weighted by atomic mass is 10.0. The Morgan fingerprint density at radius 3 is 3.20 bits per heavy atom. The van der Waals surface area contributed by atoms with Crippen LogP contribution in [-0.2, 0) is 16.0 Å². The SMILES string of the molecule is Nc1cnn(CC2C[C@H]3COC[C@H]3O2)c1. The minimum absolute atomic E-state index is 0.267. The van der Waals surface area contributed by atoms with Crippen molar-refractivity contribution in [1.29, 1.82) is 0 Å². The van der Waals surface area contributed by atoms with Crippen LogP contribution in [0.5, 0.6) is 0 Å². The summed E-state index contributed by atoms with van der Waals surface area (Å²) in [5.41, 5.74) is 6.31. The van der Waals surface area contributed by atoms with Crippen molar-refractivity contribution in [3.8, 4) is 0 Å². The van der Waals surface area contributed by atoms with Gasteiger partial charge in [0.1, 0.15) is 0 Å². The van der Waals surface area contributed by atoms with Crippen molar-refractivity contribution in [2.75, 3.05) is 18.9 Å². The Balaban J connectivity index is 1.61. The summed E-state index contributed by atoms with van der Waals surface area (Å²) < 4.78 is 13.1. The van der Waals surface area contributed by atoms with Gasteiger partial charge in [-0.15, -0.1) is 0 Å². The number of rotatable bonds is 2. The Labute approximate surface area is 88.1 Å². The molecule has 2 saturated heterocycles. The van der Waals surface area contributed by atoms with Crippen molar-refractivity contribution in [2.24, 2.45) is 5.92 Å². The maximum atomic E-state index is 5.87. The maximum Gasteiger partial charge on any atom is 0.0864 e. The minimum atomic E-state index is 0.267. The van der Waals surface area contributed by atoms with E-state index in [0.717, 1.165) is 26.2 Å². The number of hydrogen-bond donors (Lipinski definition) is 1. The zero-order valence-electron chi connectivity index (χ0n) is 8.50. The quantitative estimate of drug-likeness (QED) is 0.759. The van der Waals surface area contributed by atoms with Crippen LogP contribution in [-0.4, -0.2) is 35.2 Å². The van der Waals surface area contributed by atoms with Crippen LogP contribution in [0.1, 0.15) is 6.42 Å². The van der Waals surface area contributed by atoms with E-state index in [1.54, 1.807) is 6.20 Å². The molecule has 82 valence electrons. The summed E-state index contributed by atoms with van der Waals surface area (Å²) >= 11 is 0.